The highest BCUT2D eigenvalue weighted by Crippen LogP contribution is 2.30. The number of halogens is 2. The predicted octanol–water partition coefficient (Wildman–Crippen LogP) is 4.30. The van der Waals surface area contributed by atoms with Crippen LogP contribution < -0.4 is 5.32 Å². The van der Waals surface area contributed by atoms with Crippen LogP contribution in [-0.4, -0.2) is 23.5 Å². The number of hydrogen-bond donors (Lipinski definition) is 2. The van der Waals surface area contributed by atoms with Gasteiger partial charge in [0.05, 0.1) is 16.5 Å². The molecule has 0 saturated heterocycles. The first-order valence-corrected chi connectivity index (χ1v) is 8.68. The van der Waals surface area contributed by atoms with Crippen molar-refractivity contribution in [2.75, 3.05) is 6.54 Å². The predicted molar refractivity (Wildman–Crippen MR) is 99.2 cm³/mol. The normalized spacial score (nSPS) is 11.8. The van der Waals surface area contributed by atoms with Crippen LogP contribution in [0, 0.1) is 0 Å². The molecule has 25 heavy (non-hydrogen) atoms. The number of rotatable bonds is 8. The summed E-state index contributed by atoms with van der Waals surface area (Å²) in [4.78, 5) is 23.3. The third-order valence-electron chi connectivity index (χ3n) is 3.85. The topological polar surface area (TPSA) is 66.4 Å². The molecule has 0 aliphatic heterocycles. The van der Waals surface area contributed by atoms with Gasteiger partial charge in [-0.2, -0.15) is 0 Å². The van der Waals surface area contributed by atoms with Gasteiger partial charge >= 0.3 is 5.97 Å². The first-order chi connectivity index (χ1) is 12.0. The van der Waals surface area contributed by atoms with Gasteiger partial charge in [-0.3, -0.25) is 9.59 Å². The Balaban J connectivity index is 1.95. The Hall–Kier alpha value is -2.04. The molecule has 0 aliphatic carbocycles. The monoisotopic (exact) mass is 379 g/mol. The Morgan fingerprint density at radius 1 is 1.00 bits per heavy atom. The molecule has 1 amide bonds. The summed E-state index contributed by atoms with van der Waals surface area (Å²) in [7, 11) is 0. The van der Waals surface area contributed by atoms with E-state index in [-0.39, 0.29) is 18.7 Å². The molecule has 1 unspecified atom stereocenters. The lowest BCUT2D eigenvalue weighted by molar-refractivity contribution is -0.137. The first-order valence-electron chi connectivity index (χ1n) is 7.93. The fourth-order valence-electron chi connectivity index (χ4n) is 2.57. The largest absolute Gasteiger partial charge is 0.481 e. The fraction of sp³-hybridized carbons (Fsp3) is 0.263. The summed E-state index contributed by atoms with van der Waals surface area (Å²) in [5, 5.41) is 12.7. The van der Waals surface area contributed by atoms with Gasteiger partial charge in [-0.25, -0.2) is 0 Å². The standard InChI is InChI=1S/C19H19Cl2NO3/c20-16-7-6-14(10-17(16)21)15(12-19(24)25)11-18(23)22-9-8-13-4-2-1-3-5-13/h1-7,10,15H,8-9,11-12H2,(H,22,23)(H,24,25). The minimum Gasteiger partial charge on any atom is -0.481 e. The molecule has 0 heterocycles. The molecule has 0 aliphatic rings. The van der Waals surface area contributed by atoms with Gasteiger partial charge < -0.3 is 10.4 Å². The summed E-state index contributed by atoms with van der Waals surface area (Å²) in [6, 6.07) is 14.8. The molecule has 0 spiro atoms. The maximum absolute atomic E-state index is 12.2. The van der Waals surface area contributed by atoms with Gasteiger partial charge in [0.15, 0.2) is 0 Å². The molecule has 2 rings (SSSR count). The molecule has 2 N–H and O–H groups in total. The number of amides is 1. The zero-order valence-corrected chi connectivity index (χ0v) is 15.1. The third-order valence-corrected chi connectivity index (χ3v) is 4.59. The van der Waals surface area contributed by atoms with E-state index in [1.54, 1.807) is 18.2 Å². The molecular formula is C19H19Cl2NO3. The van der Waals surface area contributed by atoms with Gasteiger partial charge in [0, 0.05) is 18.9 Å². The Labute approximate surface area is 156 Å². The first kappa shape index (κ1) is 19.3. The molecule has 0 fully saturated rings. The number of carbonyl (C=O) groups is 2. The lowest BCUT2D eigenvalue weighted by atomic mass is 9.92. The lowest BCUT2D eigenvalue weighted by Crippen LogP contribution is -2.27. The van der Waals surface area contributed by atoms with E-state index in [0.29, 0.717) is 22.2 Å². The van der Waals surface area contributed by atoms with Crippen molar-refractivity contribution in [1.82, 2.24) is 5.32 Å². The van der Waals surface area contributed by atoms with E-state index in [4.69, 9.17) is 28.3 Å². The van der Waals surface area contributed by atoms with Crippen molar-refractivity contribution in [3.05, 3.63) is 69.7 Å². The summed E-state index contributed by atoms with van der Waals surface area (Å²) >= 11 is 11.9. The van der Waals surface area contributed by atoms with Crippen LogP contribution in [-0.2, 0) is 16.0 Å². The molecule has 0 bridgehead atoms. The van der Waals surface area contributed by atoms with Gasteiger partial charge in [-0.1, -0.05) is 59.6 Å². The van der Waals surface area contributed by atoms with Crippen LogP contribution in [0.2, 0.25) is 10.0 Å². The molecule has 0 saturated carbocycles. The molecule has 0 radical (unpaired) electrons. The van der Waals surface area contributed by atoms with E-state index >= 15 is 0 Å². The number of aliphatic carboxylic acids is 1. The molecule has 0 aromatic heterocycles. The molecule has 6 heteroatoms. The zero-order chi connectivity index (χ0) is 18.2. The molecular weight excluding hydrogens is 361 g/mol. The van der Waals surface area contributed by atoms with Gasteiger partial charge in [0.2, 0.25) is 5.91 Å². The number of carboxylic acid groups (broad SMARTS) is 1. The third kappa shape index (κ3) is 6.40. The molecule has 2 aromatic carbocycles. The van der Waals surface area contributed by atoms with Gasteiger partial charge in [0.25, 0.3) is 0 Å². The van der Waals surface area contributed by atoms with E-state index in [0.717, 1.165) is 12.0 Å². The summed E-state index contributed by atoms with van der Waals surface area (Å²) in [6.45, 7) is 0.504. The van der Waals surface area contributed by atoms with Crippen LogP contribution in [0.4, 0.5) is 0 Å². The highest BCUT2D eigenvalue weighted by molar-refractivity contribution is 6.42. The molecule has 4 nitrogen and oxygen atoms in total. The van der Waals surface area contributed by atoms with Crippen LogP contribution in [0.5, 0.6) is 0 Å². The maximum atomic E-state index is 12.2. The average molecular weight is 380 g/mol. The molecule has 132 valence electrons. The minimum atomic E-state index is -0.965. The van der Waals surface area contributed by atoms with Crippen LogP contribution in [0.3, 0.4) is 0 Å². The van der Waals surface area contributed by atoms with Crippen LogP contribution in [0.15, 0.2) is 48.5 Å². The average Bonchev–Trinajstić information content (AvgIpc) is 2.57. The highest BCUT2D eigenvalue weighted by atomic mass is 35.5. The number of carboxylic acids is 1. The Morgan fingerprint density at radius 3 is 2.36 bits per heavy atom. The summed E-state index contributed by atoms with van der Waals surface area (Å²) in [6.07, 6.45) is 0.659. The fourth-order valence-corrected chi connectivity index (χ4v) is 2.88. The van der Waals surface area contributed by atoms with E-state index in [9.17, 15) is 9.59 Å². The zero-order valence-electron chi connectivity index (χ0n) is 13.5. The van der Waals surface area contributed by atoms with E-state index in [1.807, 2.05) is 30.3 Å². The molecule has 1 atom stereocenters. The van der Waals surface area contributed by atoms with E-state index in [1.165, 1.54) is 0 Å². The van der Waals surface area contributed by atoms with Gasteiger partial charge in [-0.15, -0.1) is 0 Å². The van der Waals surface area contributed by atoms with E-state index in [2.05, 4.69) is 5.32 Å². The van der Waals surface area contributed by atoms with Crippen LogP contribution in [0.1, 0.15) is 29.9 Å². The Bertz CT molecular complexity index is 735. The van der Waals surface area contributed by atoms with Crippen molar-refractivity contribution in [3.63, 3.8) is 0 Å². The lowest BCUT2D eigenvalue weighted by Gasteiger charge is -2.16. The van der Waals surface area contributed by atoms with Crippen molar-refractivity contribution in [2.45, 2.75) is 25.2 Å². The second-order valence-electron chi connectivity index (χ2n) is 5.76. The number of nitrogens with one attached hydrogen (secondary N) is 1. The SMILES string of the molecule is O=C(O)CC(CC(=O)NCCc1ccccc1)c1ccc(Cl)c(Cl)c1. The van der Waals surface area contributed by atoms with Crippen LogP contribution in [0.25, 0.3) is 0 Å². The Kier molecular flexibility index (Phi) is 7.29. The van der Waals surface area contributed by atoms with Crippen molar-refractivity contribution in [3.8, 4) is 0 Å². The maximum Gasteiger partial charge on any atom is 0.303 e. The Morgan fingerprint density at radius 2 is 1.72 bits per heavy atom. The minimum absolute atomic E-state index is 0.0824. The van der Waals surface area contributed by atoms with Gasteiger partial charge in [-0.05, 0) is 29.7 Å². The smallest absolute Gasteiger partial charge is 0.303 e. The van der Waals surface area contributed by atoms with Crippen molar-refractivity contribution >= 4 is 35.1 Å². The summed E-state index contributed by atoms with van der Waals surface area (Å²) in [5.41, 5.74) is 1.82. The van der Waals surface area contributed by atoms with Crippen molar-refractivity contribution in [1.29, 1.82) is 0 Å². The molecule has 2 aromatic rings. The number of hydrogen-bond acceptors (Lipinski definition) is 2. The summed E-state index contributed by atoms with van der Waals surface area (Å²) in [5.74, 6) is -1.61. The van der Waals surface area contributed by atoms with E-state index < -0.39 is 11.9 Å². The van der Waals surface area contributed by atoms with Crippen molar-refractivity contribution < 1.29 is 14.7 Å². The highest BCUT2D eigenvalue weighted by Gasteiger charge is 2.20. The summed E-state index contributed by atoms with van der Waals surface area (Å²) < 4.78 is 0. The second kappa shape index (κ2) is 9.44. The van der Waals surface area contributed by atoms with Gasteiger partial charge in [0.1, 0.15) is 0 Å². The van der Waals surface area contributed by atoms with Crippen LogP contribution >= 0.6 is 23.2 Å². The quantitative estimate of drug-likeness (QED) is 0.718. The van der Waals surface area contributed by atoms with Crippen molar-refractivity contribution in [2.24, 2.45) is 0 Å². The second-order valence-corrected chi connectivity index (χ2v) is 6.57. The number of carbonyl (C=O) groups excluding carboxylic acids is 1. The number of benzene rings is 2.